The van der Waals surface area contributed by atoms with Crippen molar-refractivity contribution in [3.8, 4) is 5.75 Å². The highest BCUT2D eigenvalue weighted by atomic mass is 32.2. The lowest BCUT2D eigenvalue weighted by Crippen LogP contribution is -2.36. The maximum Gasteiger partial charge on any atom is 0.264 e. The second kappa shape index (κ2) is 9.96. The maximum absolute atomic E-state index is 13.2. The predicted molar refractivity (Wildman–Crippen MR) is 128 cm³/mol. The summed E-state index contributed by atoms with van der Waals surface area (Å²) in [5, 5.41) is 5.27. The molecule has 0 fully saturated rings. The Morgan fingerprint density at radius 3 is 2.50 bits per heavy atom. The Hall–Kier alpha value is -3.85. The molecule has 0 aliphatic carbocycles. The molecule has 0 saturated carbocycles. The molecule has 0 spiro atoms. The second-order valence-corrected chi connectivity index (χ2v) is 9.65. The number of methoxy groups -OCH3 is 1. The smallest absolute Gasteiger partial charge is 0.264 e. The summed E-state index contributed by atoms with van der Waals surface area (Å²) in [6.07, 6.45) is 0.640. The zero-order valence-electron chi connectivity index (χ0n) is 18.7. The van der Waals surface area contributed by atoms with Crippen LogP contribution in [0, 0.1) is 0 Å². The first kappa shape index (κ1) is 23.3. The fourth-order valence-electron chi connectivity index (χ4n) is 3.75. The maximum atomic E-state index is 13.2. The molecule has 0 aromatic heterocycles. The minimum atomic E-state index is -3.82. The van der Waals surface area contributed by atoms with E-state index in [1.807, 2.05) is 24.3 Å². The number of sulfonamides is 1. The van der Waals surface area contributed by atoms with Crippen LogP contribution in [0.15, 0.2) is 77.7 Å². The first-order valence-electron chi connectivity index (χ1n) is 10.8. The highest BCUT2D eigenvalue weighted by molar-refractivity contribution is 7.92. The summed E-state index contributed by atoms with van der Waals surface area (Å²) in [6.45, 7) is 0.432. The molecular weight excluding hydrogens is 454 g/mol. The van der Waals surface area contributed by atoms with E-state index in [0.29, 0.717) is 25.2 Å². The number of amides is 2. The van der Waals surface area contributed by atoms with E-state index in [0.717, 1.165) is 16.9 Å². The Morgan fingerprint density at radius 1 is 0.971 bits per heavy atom. The van der Waals surface area contributed by atoms with E-state index in [2.05, 4.69) is 10.6 Å². The van der Waals surface area contributed by atoms with E-state index >= 15 is 0 Å². The Labute approximate surface area is 198 Å². The lowest BCUT2D eigenvalue weighted by atomic mass is 10.2. The largest absolute Gasteiger partial charge is 0.497 e. The number of benzene rings is 3. The SMILES string of the molecule is COc1ccc(CNC(=O)CNC(=O)c2cccc(S(=O)(=O)N3CCc4ccccc43)c2)cc1. The number of hydrogen-bond acceptors (Lipinski definition) is 5. The summed E-state index contributed by atoms with van der Waals surface area (Å²) < 4.78 is 32.9. The van der Waals surface area contributed by atoms with Crippen LogP contribution in [0.1, 0.15) is 21.5 Å². The van der Waals surface area contributed by atoms with Crippen LogP contribution in [0.25, 0.3) is 0 Å². The number of carbonyl (C=O) groups is 2. The molecule has 2 amide bonds. The molecule has 0 radical (unpaired) electrons. The lowest BCUT2D eigenvalue weighted by Gasteiger charge is -2.20. The first-order chi connectivity index (χ1) is 16.4. The third kappa shape index (κ3) is 5.04. The highest BCUT2D eigenvalue weighted by Gasteiger charge is 2.30. The first-order valence-corrected chi connectivity index (χ1v) is 12.2. The van der Waals surface area contributed by atoms with Crippen LogP contribution in [0.5, 0.6) is 5.75 Å². The third-order valence-corrected chi connectivity index (χ3v) is 7.40. The van der Waals surface area contributed by atoms with Crippen molar-refractivity contribution >= 4 is 27.5 Å². The van der Waals surface area contributed by atoms with Gasteiger partial charge in [0.25, 0.3) is 15.9 Å². The van der Waals surface area contributed by atoms with E-state index in [-0.39, 0.29) is 22.9 Å². The third-order valence-electron chi connectivity index (χ3n) is 5.59. The molecule has 3 aromatic carbocycles. The molecule has 9 heteroatoms. The number of nitrogens with one attached hydrogen (secondary N) is 2. The van der Waals surface area contributed by atoms with Crippen LogP contribution in [-0.2, 0) is 27.8 Å². The van der Waals surface area contributed by atoms with E-state index in [1.54, 1.807) is 31.4 Å². The summed E-state index contributed by atoms with van der Waals surface area (Å²) in [5.74, 6) is -0.166. The van der Waals surface area contributed by atoms with Gasteiger partial charge in [0.1, 0.15) is 5.75 Å². The zero-order valence-corrected chi connectivity index (χ0v) is 19.5. The van der Waals surface area contributed by atoms with Gasteiger partial charge in [-0.05, 0) is 53.9 Å². The lowest BCUT2D eigenvalue weighted by molar-refractivity contribution is -0.120. The molecule has 0 bridgehead atoms. The monoisotopic (exact) mass is 479 g/mol. The summed E-state index contributed by atoms with van der Waals surface area (Å²) in [4.78, 5) is 24.7. The van der Waals surface area contributed by atoms with E-state index < -0.39 is 15.9 Å². The number of ether oxygens (including phenoxy) is 1. The van der Waals surface area contributed by atoms with Gasteiger partial charge in [-0.25, -0.2) is 8.42 Å². The van der Waals surface area contributed by atoms with Gasteiger partial charge in [-0.2, -0.15) is 0 Å². The number of fused-ring (bicyclic) bond motifs is 1. The van der Waals surface area contributed by atoms with Crippen molar-refractivity contribution in [1.29, 1.82) is 0 Å². The number of anilines is 1. The summed E-state index contributed by atoms with van der Waals surface area (Å²) in [6, 6.07) is 20.5. The number of nitrogens with zero attached hydrogens (tertiary/aromatic N) is 1. The Balaban J connectivity index is 1.36. The summed E-state index contributed by atoms with van der Waals surface area (Å²) in [5.41, 5.74) is 2.69. The van der Waals surface area contributed by atoms with Crippen molar-refractivity contribution in [2.45, 2.75) is 17.9 Å². The molecule has 1 aliphatic rings. The molecule has 4 rings (SSSR count). The predicted octanol–water partition coefficient (Wildman–Crippen LogP) is 2.49. The standard InChI is InChI=1S/C25H25N3O5S/c1-33-21-11-9-18(10-12-21)16-26-24(29)17-27-25(30)20-6-4-7-22(15-20)34(31,32)28-14-13-19-5-2-3-8-23(19)28/h2-12,15H,13-14,16-17H2,1H3,(H,26,29)(H,27,30). The molecule has 176 valence electrons. The number of rotatable bonds is 8. The van der Waals surface area contributed by atoms with Gasteiger partial charge in [-0.3, -0.25) is 13.9 Å². The molecule has 1 aliphatic heterocycles. The fourth-order valence-corrected chi connectivity index (χ4v) is 5.30. The van der Waals surface area contributed by atoms with Crippen molar-refractivity contribution in [3.05, 3.63) is 89.5 Å². The summed E-state index contributed by atoms with van der Waals surface area (Å²) >= 11 is 0. The van der Waals surface area contributed by atoms with Crippen LogP contribution in [0.2, 0.25) is 0 Å². The molecule has 0 unspecified atom stereocenters. The van der Waals surface area contributed by atoms with Crippen molar-refractivity contribution in [2.24, 2.45) is 0 Å². The Kier molecular flexibility index (Phi) is 6.83. The zero-order chi connectivity index (χ0) is 24.1. The minimum absolute atomic E-state index is 0.0285. The molecule has 3 aromatic rings. The molecule has 2 N–H and O–H groups in total. The second-order valence-electron chi connectivity index (χ2n) is 7.79. The van der Waals surface area contributed by atoms with Gasteiger partial charge < -0.3 is 15.4 Å². The van der Waals surface area contributed by atoms with Crippen LogP contribution < -0.4 is 19.7 Å². The number of carbonyl (C=O) groups excluding carboxylic acids is 2. The average Bonchev–Trinajstić information content (AvgIpc) is 3.31. The highest BCUT2D eigenvalue weighted by Crippen LogP contribution is 2.32. The molecule has 0 atom stereocenters. The molecule has 1 heterocycles. The van der Waals surface area contributed by atoms with Crippen LogP contribution >= 0.6 is 0 Å². The number of hydrogen-bond donors (Lipinski definition) is 2. The van der Waals surface area contributed by atoms with Crippen molar-refractivity contribution in [2.75, 3.05) is 24.5 Å². The van der Waals surface area contributed by atoms with Crippen molar-refractivity contribution in [3.63, 3.8) is 0 Å². The van der Waals surface area contributed by atoms with Gasteiger partial charge in [0.2, 0.25) is 5.91 Å². The molecule has 34 heavy (non-hydrogen) atoms. The van der Waals surface area contributed by atoms with Gasteiger partial charge in [0.05, 0.1) is 24.2 Å². The van der Waals surface area contributed by atoms with Gasteiger partial charge >= 0.3 is 0 Å². The Bertz CT molecular complexity index is 1310. The molecular formula is C25H25N3O5S. The molecule has 8 nitrogen and oxygen atoms in total. The minimum Gasteiger partial charge on any atom is -0.497 e. The fraction of sp³-hybridized carbons (Fsp3) is 0.200. The van der Waals surface area contributed by atoms with E-state index in [4.69, 9.17) is 4.74 Å². The molecule has 0 saturated heterocycles. The van der Waals surface area contributed by atoms with Crippen LogP contribution in [-0.4, -0.2) is 40.4 Å². The van der Waals surface area contributed by atoms with Gasteiger partial charge in [-0.1, -0.05) is 36.4 Å². The quantitative estimate of drug-likeness (QED) is 0.517. The van der Waals surface area contributed by atoms with Crippen molar-refractivity contribution < 1.29 is 22.7 Å². The number of para-hydroxylation sites is 1. The van der Waals surface area contributed by atoms with Crippen molar-refractivity contribution in [1.82, 2.24) is 10.6 Å². The normalized spacial score (nSPS) is 12.7. The van der Waals surface area contributed by atoms with Gasteiger partial charge in [-0.15, -0.1) is 0 Å². The Morgan fingerprint density at radius 2 is 1.74 bits per heavy atom. The topological polar surface area (TPSA) is 105 Å². The van der Waals surface area contributed by atoms with Gasteiger partial charge in [0, 0.05) is 18.7 Å². The van der Waals surface area contributed by atoms with Gasteiger partial charge in [0.15, 0.2) is 0 Å². The average molecular weight is 480 g/mol. The summed E-state index contributed by atoms with van der Waals surface area (Å²) in [7, 11) is -2.24. The van der Waals surface area contributed by atoms with Crippen LogP contribution in [0.4, 0.5) is 5.69 Å². The van der Waals surface area contributed by atoms with E-state index in [9.17, 15) is 18.0 Å². The van der Waals surface area contributed by atoms with E-state index in [1.165, 1.54) is 28.6 Å². The van der Waals surface area contributed by atoms with Crippen LogP contribution in [0.3, 0.4) is 0 Å².